The van der Waals surface area contributed by atoms with Gasteiger partial charge in [-0.2, -0.15) is 5.26 Å². The van der Waals surface area contributed by atoms with Gasteiger partial charge >= 0.3 is 5.97 Å². The maximum atomic E-state index is 13.5. The number of rotatable bonds is 6. The van der Waals surface area contributed by atoms with E-state index in [1.807, 2.05) is 6.07 Å². The van der Waals surface area contributed by atoms with Crippen LogP contribution in [0.25, 0.3) is 6.08 Å². The summed E-state index contributed by atoms with van der Waals surface area (Å²) in [5.41, 5.74) is 0.0850. The molecule has 0 saturated heterocycles. The molecule has 1 aromatic carbocycles. The topological polar surface area (TPSA) is 70.3 Å². The minimum absolute atomic E-state index is 0.0334. The molecule has 1 rings (SSSR count). The number of hydrogen-bond donors (Lipinski definition) is 1. The third-order valence-electron chi connectivity index (χ3n) is 2.12. The van der Waals surface area contributed by atoms with Gasteiger partial charge in [-0.25, -0.2) is 13.6 Å². The van der Waals surface area contributed by atoms with Crippen molar-refractivity contribution < 1.29 is 23.4 Å². The van der Waals surface area contributed by atoms with E-state index in [-0.39, 0.29) is 18.6 Å². The van der Waals surface area contributed by atoms with Gasteiger partial charge in [0.1, 0.15) is 0 Å². The Balaban J connectivity index is 2.80. The van der Waals surface area contributed by atoms with E-state index >= 15 is 0 Å². The molecule has 0 aliphatic rings. The number of halogens is 2. The van der Waals surface area contributed by atoms with Crippen molar-refractivity contribution >= 4 is 12.0 Å². The van der Waals surface area contributed by atoms with Gasteiger partial charge in [-0.1, -0.05) is 0 Å². The van der Waals surface area contributed by atoms with Crippen molar-refractivity contribution in [3.8, 4) is 11.8 Å². The maximum absolute atomic E-state index is 13.5. The molecule has 0 aliphatic carbocycles. The molecular weight excluding hydrogens is 256 g/mol. The van der Waals surface area contributed by atoms with Gasteiger partial charge in [-0.3, -0.25) is 0 Å². The number of benzene rings is 1. The van der Waals surface area contributed by atoms with E-state index in [1.165, 1.54) is 0 Å². The van der Waals surface area contributed by atoms with E-state index in [4.69, 9.17) is 15.1 Å². The Morgan fingerprint density at radius 2 is 2.05 bits per heavy atom. The van der Waals surface area contributed by atoms with E-state index < -0.39 is 23.4 Å². The fraction of sp³-hybridized carbons (Fsp3) is 0.231. The molecule has 0 saturated carbocycles. The minimum atomic E-state index is -1.21. The SMILES string of the molecule is N#CCCCOc1c(F)cc(C=CC(=O)O)cc1F. The van der Waals surface area contributed by atoms with Crippen molar-refractivity contribution in [2.75, 3.05) is 6.61 Å². The normalized spacial score (nSPS) is 10.4. The Morgan fingerprint density at radius 3 is 2.58 bits per heavy atom. The first-order valence-electron chi connectivity index (χ1n) is 5.44. The largest absolute Gasteiger partial charge is 0.488 e. The molecule has 6 heteroatoms. The fourth-order valence-electron chi connectivity index (χ4n) is 1.31. The van der Waals surface area contributed by atoms with Crippen LogP contribution in [0.2, 0.25) is 0 Å². The van der Waals surface area contributed by atoms with Crippen LogP contribution in [0, 0.1) is 23.0 Å². The molecule has 0 atom stereocenters. The number of hydrogen-bond acceptors (Lipinski definition) is 3. The Hall–Kier alpha value is -2.42. The van der Waals surface area contributed by atoms with Gasteiger partial charge < -0.3 is 9.84 Å². The van der Waals surface area contributed by atoms with Gasteiger partial charge in [-0.15, -0.1) is 0 Å². The van der Waals surface area contributed by atoms with Gasteiger partial charge in [0.2, 0.25) is 0 Å². The highest BCUT2D eigenvalue weighted by atomic mass is 19.1. The van der Waals surface area contributed by atoms with Gasteiger partial charge in [0.05, 0.1) is 12.7 Å². The zero-order chi connectivity index (χ0) is 14.3. The lowest BCUT2D eigenvalue weighted by atomic mass is 10.2. The molecular formula is C13H11F2NO3. The first kappa shape index (κ1) is 14.6. The van der Waals surface area contributed by atoms with Crippen LogP contribution < -0.4 is 4.74 Å². The smallest absolute Gasteiger partial charge is 0.328 e. The summed E-state index contributed by atoms with van der Waals surface area (Å²) in [6.45, 7) is 0.0334. The Labute approximate surface area is 108 Å². The van der Waals surface area contributed by atoms with E-state index in [0.717, 1.165) is 24.3 Å². The molecule has 4 nitrogen and oxygen atoms in total. The number of aliphatic carboxylic acids is 1. The first-order chi connectivity index (χ1) is 9.04. The molecule has 0 heterocycles. The highest BCUT2D eigenvalue weighted by Crippen LogP contribution is 2.24. The Morgan fingerprint density at radius 1 is 1.42 bits per heavy atom. The summed E-state index contributed by atoms with van der Waals surface area (Å²) in [4.78, 5) is 10.3. The molecule has 0 fully saturated rings. The zero-order valence-electron chi connectivity index (χ0n) is 9.90. The molecule has 0 amide bonds. The molecule has 1 N–H and O–H groups in total. The summed E-state index contributed by atoms with van der Waals surface area (Å²) in [6, 6.07) is 3.84. The van der Waals surface area contributed by atoms with Gasteiger partial charge in [-0.05, 0) is 30.2 Å². The van der Waals surface area contributed by atoms with Crippen molar-refractivity contribution in [3.63, 3.8) is 0 Å². The minimum Gasteiger partial charge on any atom is -0.488 e. The predicted octanol–water partition coefficient (Wildman–Crippen LogP) is 2.75. The average molecular weight is 267 g/mol. The zero-order valence-corrected chi connectivity index (χ0v) is 9.90. The van der Waals surface area contributed by atoms with Crippen LogP contribution in [0.3, 0.4) is 0 Å². The molecule has 1 aromatic rings. The van der Waals surface area contributed by atoms with E-state index in [1.54, 1.807) is 0 Å². The molecule has 0 aromatic heterocycles. The first-order valence-corrected chi connectivity index (χ1v) is 5.44. The summed E-state index contributed by atoms with van der Waals surface area (Å²) in [5.74, 6) is -3.56. The Kier molecular flexibility index (Phi) is 5.48. The second-order valence-corrected chi connectivity index (χ2v) is 3.60. The van der Waals surface area contributed by atoms with Crippen LogP contribution >= 0.6 is 0 Å². The quantitative estimate of drug-likeness (QED) is 0.635. The number of unbranched alkanes of at least 4 members (excludes halogenated alkanes) is 1. The summed E-state index contributed by atoms with van der Waals surface area (Å²) < 4.78 is 32.0. The van der Waals surface area contributed by atoms with Crippen LogP contribution in [0.5, 0.6) is 5.75 Å². The summed E-state index contributed by atoms with van der Waals surface area (Å²) in [6.07, 6.45) is 2.47. The third kappa shape index (κ3) is 4.76. The van der Waals surface area contributed by atoms with E-state index in [2.05, 4.69) is 0 Å². The standard InChI is InChI=1S/C13H11F2NO3/c14-10-7-9(3-4-12(17)18)8-11(15)13(10)19-6-2-1-5-16/h3-4,7-8H,1-2,6H2,(H,17,18). The van der Waals surface area contributed by atoms with Gasteiger partial charge in [0.25, 0.3) is 0 Å². The molecule has 19 heavy (non-hydrogen) atoms. The monoisotopic (exact) mass is 267 g/mol. The highest BCUT2D eigenvalue weighted by Gasteiger charge is 2.11. The van der Waals surface area contributed by atoms with Crippen LogP contribution in [-0.2, 0) is 4.79 Å². The summed E-state index contributed by atoms with van der Waals surface area (Å²) in [7, 11) is 0. The number of carboxylic acids is 1. The lowest BCUT2D eigenvalue weighted by Gasteiger charge is -2.08. The second-order valence-electron chi connectivity index (χ2n) is 3.60. The van der Waals surface area contributed by atoms with Crippen molar-refractivity contribution in [1.29, 1.82) is 5.26 Å². The van der Waals surface area contributed by atoms with Crippen LogP contribution in [0.15, 0.2) is 18.2 Å². The van der Waals surface area contributed by atoms with Gasteiger partial charge in [0, 0.05) is 12.5 Å². The highest BCUT2D eigenvalue weighted by molar-refractivity contribution is 5.85. The lowest BCUT2D eigenvalue weighted by Crippen LogP contribution is -2.01. The predicted molar refractivity (Wildman–Crippen MR) is 63.4 cm³/mol. The van der Waals surface area contributed by atoms with Gasteiger partial charge in [0.15, 0.2) is 17.4 Å². The number of nitriles is 1. The number of nitrogens with zero attached hydrogens (tertiary/aromatic N) is 1. The van der Waals surface area contributed by atoms with Crippen molar-refractivity contribution in [1.82, 2.24) is 0 Å². The van der Waals surface area contributed by atoms with Crippen molar-refractivity contribution in [2.24, 2.45) is 0 Å². The summed E-state index contributed by atoms with van der Waals surface area (Å²) >= 11 is 0. The van der Waals surface area contributed by atoms with Crippen LogP contribution in [0.4, 0.5) is 8.78 Å². The van der Waals surface area contributed by atoms with E-state index in [9.17, 15) is 13.6 Å². The molecule has 0 aliphatic heterocycles. The molecule has 100 valence electrons. The average Bonchev–Trinajstić information content (AvgIpc) is 2.34. The van der Waals surface area contributed by atoms with Crippen molar-refractivity contribution in [2.45, 2.75) is 12.8 Å². The fourth-order valence-corrected chi connectivity index (χ4v) is 1.31. The van der Waals surface area contributed by atoms with Crippen molar-refractivity contribution in [3.05, 3.63) is 35.4 Å². The molecule has 0 spiro atoms. The second kappa shape index (κ2) is 7.11. The Bertz CT molecular complexity index is 512. The lowest BCUT2D eigenvalue weighted by molar-refractivity contribution is -0.131. The molecule has 0 bridgehead atoms. The van der Waals surface area contributed by atoms with E-state index in [0.29, 0.717) is 6.42 Å². The number of ether oxygens (including phenoxy) is 1. The molecule has 0 unspecified atom stereocenters. The maximum Gasteiger partial charge on any atom is 0.328 e. The summed E-state index contributed by atoms with van der Waals surface area (Å²) in [5, 5.41) is 16.7. The number of carboxylic acid groups (broad SMARTS) is 1. The molecule has 0 radical (unpaired) electrons. The number of carbonyl (C=O) groups is 1. The third-order valence-corrected chi connectivity index (χ3v) is 2.12. The van der Waals surface area contributed by atoms with Crippen LogP contribution in [0.1, 0.15) is 18.4 Å². The van der Waals surface area contributed by atoms with Crippen LogP contribution in [-0.4, -0.2) is 17.7 Å².